The van der Waals surface area contributed by atoms with Gasteiger partial charge < -0.3 is 9.69 Å². The molecule has 0 aromatic carbocycles. The molecule has 0 atom stereocenters. The van der Waals surface area contributed by atoms with Crippen LogP contribution in [0.25, 0.3) is 0 Å². The number of hydrogen-bond donors (Lipinski definition) is 0. The second-order valence-corrected chi connectivity index (χ2v) is 7.49. The minimum absolute atomic E-state index is 0.0374. The number of aldehydes is 1. The summed E-state index contributed by atoms with van der Waals surface area (Å²) in [6.45, 7) is 5.68. The van der Waals surface area contributed by atoms with Crippen LogP contribution in [-0.4, -0.2) is 30.8 Å². The van der Waals surface area contributed by atoms with Crippen LogP contribution in [0.5, 0.6) is 0 Å². The predicted octanol–water partition coefficient (Wildman–Crippen LogP) is 3.89. The first-order valence-electron chi connectivity index (χ1n) is 8.21. The smallest absolute Gasteiger partial charge is 0.127 e. The van der Waals surface area contributed by atoms with Crippen molar-refractivity contribution < 1.29 is 4.79 Å². The number of carbonyl (C=O) groups is 1. The summed E-state index contributed by atoms with van der Waals surface area (Å²) < 4.78 is 0. The van der Waals surface area contributed by atoms with E-state index in [1.807, 2.05) is 0 Å². The molecule has 0 bridgehead atoms. The molecule has 0 amide bonds. The van der Waals surface area contributed by atoms with Gasteiger partial charge in [0.2, 0.25) is 0 Å². The zero-order valence-corrected chi connectivity index (χ0v) is 13.0. The van der Waals surface area contributed by atoms with E-state index < -0.39 is 0 Å². The van der Waals surface area contributed by atoms with Gasteiger partial charge in [0.25, 0.3) is 0 Å². The van der Waals surface area contributed by atoms with E-state index in [0.29, 0.717) is 6.04 Å². The lowest BCUT2D eigenvalue weighted by atomic mass is 9.71. The molecule has 2 saturated carbocycles. The van der Waals surface area contributed by atoms with Gasteiger partial charge in [-0.1, -0.05) is 13.8 Å². The standard InChI is InChI=1S/C17H31NO/c1-14-4-6-16(7-5-14)18(3)12-17(13-19)10-8-15(2)9-11-17/h13-16H,4-12H2,1-3H3. The summed E-state index contributed by atoms with van der Waals surface area (Å²) in [4.78, 5) is 14.1. The van der Waals surface area contributed by atoms with Crippen LogP contribution in [0.15, 0.2) is 0 Å². The highest BCUT2D eigenvalue weighted by Gasteiger charge is 2.36. The van der Waals surface area contributed by atoms with E-state index in [1.165, 1.54) is 44.8 Å². The minimum Gasteiger partial charge on any atom is -0.303 e. The van der Waals surface area contributed by atoms with Crippen LogP contribution >= 0.6 is 0 Å². The van der Waals surface area contributed by atoms with E-state index in [-0.39, 0.29) is 5.41 Å². The Labute approximate surface area is 118 Å². The third-order valence-corrected chi connectivity index (χ3v) is 5.69. The van der Waals surface area contributed by atoms with Crippen LogP contribution < -0.4 is 0 Å². The fraction of sp³-hybridized carbons (Fsp3) is 0.941. The monoisotopic (exact) mass is 265 g/mol. The molecule has 2 fully saturated rings. The fourth-order valence-electron chi connectivity index (χ4n) is 3.96. The van der Waals surface area contributed by atoms with Gasteiger partial charge in [-0.2, -0.15) is 0 Å². The summed E-state index contributed by atoms with van der Waals surface area (Å²) in [6.07, 6.45) is 11.3. The Morgan fingerprint density at radius 3 is 2.05 bits per heavy atom. The van der Waals surface area contributed by atoms with Gasteiger partial charge in [-0.15, -0.1) is 0 Å². The van der Waals surface area contributed by atoms with Gasteiger partial charge in [0.15, 0.2) is 0 Å². The van der Waals surface area contributed by atoms with Crippen molar-refractivity contribution in [1.82, 2.24) is 4.90 Å². The third-order valence-electron chi connectivity index (χ3n) is 5.69. The van der Waals surface area contributed by atoms with Crippen LogP contribution in [-0.2, 0) is 4.79 Å². The summed E-state index contributed by atoms with van der Waals surface area (Å²) >= 11 is 0. The van der Waals surface area contributed by atoms with E-state index in [2.05, 4.69) is 25.8 Å². The molecule has 2 heteroatoms. The topological polar surface area (TPSA) is 20.3 Å². The van der Waals surface area contributed by atoms with E-state index >= 15 is 0 Å². The third kappa shape index (κ3) is 3.81. The van der Waals surface area contributed by atoms with Crippen molar-refractivity contribution in [2.45, 2.75) is 71.3 Å². The van der Waals surface area contributed by atoms with E-state index in [9.17, 15) is 4.79 Å². The Bertz CT molecular complexity index is 286. The number of nitrogens with zero attached hydrogens (tertiary/aromatic N) is 1. The largest absolute Gasteiger partial charge is 0.303 e. The second-order valence-electron chi connectivity index (χ2n) is 7.49. The maximum absolute atomic E-state index is 11.6. The molecule has 2 aliphatic rings. The Morgan fingerprint density at radius 2 is 1.53 bits per heavy atom. The first-order valence-corrected chi connectivity index (χ1v) is 8.21. The van der Waals surface area contributed by atoms with Crippen molar-refractivity contribution >= 4 is 6.29 Å². The molecule has 2 nitrogen and oxygen atoms in total. The maximum atomic E-state index is 11.6. The molecule has 0 spiro atoms. The molecule has 0 saturated heterocycles. The number of hydrogen-bond acceptors (Lipinski definition) is 2. The minimum atomic E-state index is -0.0374. The van der Waals surface area contributed by atoms with E-state index in [1.54, 1.807) is 0 Å². The first kappa shape index (κ1) is 15.0. The van der Waals surface area contributed by atoms with Gasteiger partial charge in [-0.05, 0) is 70.3 Å². The van der Waals surface area contributed by atoms with Crippen LogP contribution in [0.2, 0.25) is 0 Å². The van der Waals surface area contributed by atoms with Crippen LogP contribution in [0.3, 0.4) is 0 Å². The van der Waals surface area contributed by atoms with Crippen LogP contribution in [0.4, 0.5) is 0 Å². The molecular weight excluding hydrogens is 234 g/mol. The molecule has 0 N–H and O–H groups in total. The number of carbonyl (C=O) groups excluding carboxylic acids is 1. The summed E-state index contributed by atoms with van der Waals surface area (Å²) in [7, 11) is 2.24. The Kier molecular flexibility index (Phi) is 5.05. The highest BCUT2D eigenvalue weighted by atomic mass is 16.1. The maximum Gasteiger partial charge on any atom is 0.127 e. The van der Waals surface area contributed by atoms with Gasteiger partial charge >= 0.3 is 0 Å². The fourth-order valence-corrected chi connectivity index (χ4v) is 3.96. The molecular formula is C17H31NO. The zero-order valence-electron chi connectivity index (χ0n) is 13.0. The van der Waals surface area contributed by atoms with E-state index in [0.717, 1.165) is 31.2 Å². The van der Waals surface area contributed by atoms with Gasteiger partial charge in [-0.3, -0.25) is 0 Å². The highest BCUT2D eigenvalue weighted by molar-refractivity contribution is 5.60. The Balaban J connectivity index is 1.89. The molecule has 0 unspecified atom stereocenters. The molecule has 110 valence electrons. The average molecular weight is 265 g/mol. The molecule has 0 aromatic rings. The lowest BCUT2D eigenvalue weighted by Crippen LogP contribution is -2.44. The van der Waals surface area contributed by atoms with Gasteiger partial charge in [0.05, 0.1) is 0 Å². The number of rotatable bonds is 4. The van der Waals surface area contributed by atoms with Gasteiger partial charge in [-0.25, -0.2) is 0 Å². The lowest BCUT2D eigenvalue weighted by molar-refractivity contribution is -0.120. The van der Waals surface area contributed by atoms with Crippen molar-refractivity contribution in [3.05, 3.63) is 0 Å². The van der Waals surface area contributed by atoms with Crippen molar-refractivity contribution in [1.29, 1.82) is 0 Å². The van der Waals surface area contributed by atoms with Crippen molar-refractivity contribution in [3.8, 4) is 0 Å². The van der Waals surface area contributed by atoms with Crippen LogP contribution in [0.1, 0.15) is 65.2 Å². The Hall–Kier alpha value is -0.370. The average Bonchev–Trinajstić information content (AvgIpc) is 2.42. The Morgan fingerprint density at radius 1 is 1.00 bits per heavy atom. The second kappa shape index (κ2) is 6.39. The normalized spacial score (nSPS) is 40.3. The van der Waals surface area contributed by atoms with Crippen molar-refractivity contribution in [3.63, 3.8) is 0 Å². The molecule has 0 aromatic heterocycles. The molecule has 0 radical (unpaired) electrons. The zero-order chi connectivity index (χ0) is 13.9. The molecule has 19 heavy (non-hydrogen) atoms. The summed E-state index contributed by atoms with van der Waals surface area (Å²) in [6, 6.07) is 0.715. The molecule has 2 aliphatic carbocycles. The predicted molar refractivity (Wildman–Crippen MR) is 80.2 cm³/mol. The summed E-state index contributed by atoms with van der Waals surface area (Å²) in [5.41, 5.74) is -0.0374. The molecule has 0 heterocycles. The van der Waals surface area contributed by atoms with Gasteiger partial charge in [0.1, 0.15) is 6.29 Å². The van der Waals surface area contributed by atoms with Gasteiger partial charge in [0, 0.05) is 18.0 Å². The van der Waals surface area contributed by atoms with Crippen LogP contribution in [0, 0.1) is 17.3 Å². The van der Waals surface area contributed by atoms with E-state index in [4.69, 9.17) is 0 Å². The summed E-state index contributed by atoms with van der Waals surface area (Å²) in [5, 5.41) is 0. The summed E-state index contributed by atoms with van der Waals surface area (Å²) in [5.74, 6) is 1.72. The van der Waals surface area contributed by atoms with Crippen molar-refractivity contribution in [2.75, 3.05) is 13.6 Å². The lowest BCUT2D eigenvalue weighted by Gasteiger charge is -2.41. The first-order chi connectivity index (χ1) is 9.04. The quantitative estimate of drug-likeness (QED) is 0.719. The SMILES string of the molecule is CC1CCC(N(C)CC2(C=O)CCC(C)CC2)CC1. The molecule has 0 aliphatic heterocycles. The highest BCUT2D eigenvalue weighted by Crippen LogP contribution is 2.39. The van der Waals surface area contributed by atoms with Crippen molar-refractivity contribution in [2.24, 2.45) is 17.3 Å². The molecule has 2 rings (SSSR count).